The number of nitrogens with one attached hydrogen (secondary N) is 2. The molecule has 2 heterocycles. The van der Waals surface area contributed by atoms with Crippen molar-refractivity contribution in [3.8, 4) is 0 Å². The smallest absolute Gasteiger partial charge is 0.413 e. The highest BCUT2D eigenvalue weighted by Gasteiger charge is 2.50. The van der Waals surface area contributed by atoms with Gasteiger partial charge in [0.15, 0.2) is 0 Å². The van der Waals surface area contributed by atoms with E-state index in [4.69, 9.17) is 9.47 Å². The van der Waals surface area contributed by atoms with Crippen LogP contribution in [0.5, 0.6) is 0 Å². The highest BCUT2D eigenvalue weighted by atomic mass is 19.4. The molecule has 1 aliphatic heterocycles. The van der Waals surface area contributed by atoms with Crippen molar-refractivity contribution in [3.05, 3.63) is 23.9 Å². The molecule has 28 heavy (non-hydrogen) atoms. The highest BCUT2D eigenvalue weighted by molar-refractivity contribution is 5.84. The fourth-order valence-corrected chi connectivity index (χ4v) is 3.04. The summed E-state index contributed by atoms with van der Waals surface area (Å²) < 4.78 is 49.2. The van der Waals surface area contributed by atoms with Gasteiger partial charge in [0, 0.05) is 25.1 Å². The molecule has 2 amide bonds. The fourth-order valence-electron chi connectivity index (χ4n) is 3.04. The van der Waals surface area contributed by atoms with Gasteiger partial charge in [-0.2, -0.15) is 13.2 Å². The number of hydrogen-bond donors (Lipinski definition) is 2. The number of anilines is 1. The largest absolute Gasteiger partial charge is 0.444 e. The van der Waals surface area contributed by atoms with E-state index in [1.807, 2.05) is 5.32 Å². The third-order valence-corrected chi connectivity index (χ3v) is 4.21. The van der Waals surface area contributed by atoms with Crippen LogP contribution in [0.25, 0.3) is 0 Å². The summed E-state index contributed by atoms with van der Waals surface area (Å²) in [6.07, 6.45) is -4.20. The number of alkyl halides is 3. The molecule has 0 aliphatic carbocycles. The molecule has 1 aliphatic rings. The van der Waals surface area contributed by atoms with Gasteiger partial charge in [-0.05, 0) is 44.9 Å². The Bertz CT molecular complexity index is 719. The number of rotatable bonds is 5. The van der Waals surface area contributed by atoms with Crippen LogP contribution in [0.2, 0.25) is 0 Å². The van der Waals surface area contributed by atoms with Gasteiger partial charge in [0.25, 0.3) is 0 Å². The Morgan fingerprint density at radius 1 is 1.39 bits per heavy atom. The molecule has 0 spiro atoms. The van der Waals surface area contributed by atoms with Gasteiger partial charge in [-0.15, -0.1) is 0 Å². The second kappa shape index (κ2) is 8.34. The van der Waals surface area contributed by atoms with Gasteiger partial charge in [0.05, 0.1) is 6.61 Å². The molecule has 1 aromatic rings. The van der Waals surface area contributed by atoms with Gasteiger partial charge in [0.1, 0.15) is 17.5 Å². The van der Waals surface area contributed by atoms with Crippen molar-refractivity contribution in [2.75, 3.05) is 19.0 Å². The minimum Gasteiger partial charge on any atom is -0.444 e. The van der Waals surface area contributed by atoms with Gasteiger partial charge in [0.2, 0.25) is 5.91 Å². The predicted octanol–water partition coefficient (Wildman–Crippen LogP) is 3.23. The number of nitrogens with zero attached hydrogens (tertiary/aromatic N) is 1. The molecule has 2 unspecified atom stereocenters. The first-order valence-electron chi connectivity index (χ1n) is 8.72. The van der Waals surface area contributed by atoms with Crippen LogP contribution in [0.1, 0.15) is 38.7 Å². The number of amides is 2. The Morgan fingerprint density at radius 3 is 2.61 bits per heavy atom. The maximum Gasteiger partial charge on any atom is 0.413 e. The molecule has 3 atom stereocenters. The lowest BCUT2D eigenvalue weighted by Crippen LogP contribution is -2.38. The number of pyridine rings is 1. The molecule has 1 saturated heterocycles. The van der Waals surface area contributed by atoms with E-state index in [9.17, 15) is 22.8 Å². The van der Waals surface area contributed by atoms with E-state index in [1.54, 1.807) is 26.8 Å². The Labute approximate surface area is 161 Å². The molecule has 1 fully saturated rings. The van der Waals surface area contributed by atoms with Gasteiger partial charge in [-0.1, -0.05) is 0 Å². The summed E-state index contributed by atoms with van der Waals surface area (Å²) in [5.41, 5.74) is -0.166. The van der Waals surface area contributed by atoms with Crippen molar-refractivity contribution < 1.29 is 32.2 Å². The van der Waals surface area contributed by atoms with Gasteiger partial charge in [-0.25, -0.2) is 9.78 Å². The first-order chi connectivity index (χ1) is 12.9. The molecule has 10 heteroatoms. The van der Waals surface area contributed by atoms with Crippen LogP contribution in [-0.2, 0) is 14.3 Å². The third-order valence-electron chi connectivity index (χ3n) is 4.21. The quantitative estimate of drug-likeness (QED) is 0.788. The normalized spacial score (nSPS) is 21.2. The number of methoxy groups -OCH3 is 1. The van der Waals surface area contributed by atoms with Gasteiger partial charge >= 0.3 is 12.3 Å². The van der Waals surface area contributed by atoms with Crippen molar-refractivity contribution >= 4 is 17.8 Å². The lowest BCUT2D eigenvalue weighted by atomic mass is 9.84. The average molecular weight is 403 g/mol. The first kappa shape index (κ1) is 21.9. The first-order valence-corrected chi connectivity index (χ1v) is 8.72. The molecule has 0 aromatic carbocycles. The van der Waals surface area contributed by atoms with Crippen molar-refractivity contribution in [3.63, 3.8) is 0 Å². The Balaban J connectivity index is 2.20. The average Bonchev–Trinajstić information content (AvgIpc) is 2.93. The molecule has 2 rings (SSSR count). The van der Waals surface area contributed by atoms with Crippen LogP contribution in [0.4, 0.5) is 23.8 Å². The summed E-state index contributed by atoms with van der Waals surface area (Å²) in [6, 6.07) is 1.20. The Kier molecular flexibility index (Phi) is 6.53. The third kappa shape index (κ3) is 5.82. The molecule has 0 saturated carbocycles. The molecule has 7 nitrogen and oxygen atoms in total. The van der Waals surface area contributed by atoms with Crippen LogP contribution in [-0.4, -0.2) is 48.5 Å². The maximum absolute atomic E-state index is 13.0. The van der Waals surface area contributed by atoms with E-state index in [0.717, 1.165) is 0 Å². The van der Waals surface area contributed by atoms with Crippen molar-refractivity contribution in [1.82, 2.24) is 10.3 Å². The van der Waals surface area contributed by atoms with Crippen LogP contribution in [0, 0.1) is 5.92 Å². The minimum atomic E-state index is -4.51. The SMILES string of the molecule is COCC(c1ccnc(NC(=O)OC(C)(C)C)c1)C1C[C@@H](C(F)(F)F)NC1=O. The van der Waals surface area contributed by atoms with Crippen LogP contribution >= 0.6 is 0 Å². The molecule has 0 bridgehead atoms. The van der Waals surface area contributed by atoms with Crippen LogP contribution in [0.15, 0.2) is 18.3 Å². The summed E-state index contributed by atoms with van der Waals surface area (Å²) >= 11 is 0. The van der Waals surface area contributed by atoms with E-state index in [2.05, 4.69) is 10.3 Å². The van der Waals surface area contributed by atoms with E-state index in [-0.39, 0.29) is 18.8 Å². The standard InChI is InChI=1S/C18H24F3N3O4/c1-17(2,3)28-16(26)24-14-7-10(5-6-22-14)12(9-27-4)11-8-13(18(19,20)21)23-15(11)25/h5-7,11-13H,8-9H2,1-4H3,(H,23,25)(H,22,24,26)/t11?,12?,13-/m0/s1. The van der Waals surface area contributed by atoms with E-state index in [1.165, 1.54) is 19.4 Å². The fraction of sp³-hybridized carbons (Fsp3) is 0.611. The second-order valence-electron chi connectivity index (χ2n) is 7.61. The number of aromatic nitrogens is 1. The summed E-state index contributed by atoms with van der Waals surface area (Å²) in [6.45, 7) is 5.17. The topological polar surface area (TPSA) is 89.6 Å². The summed E-state index contributed by atoms with van der Waals surface area (Å²) in [7, 11) is 1.40. The number of hydrogen-bond acceptors (Lipinski definition) is 5. The monoisotopic (exact) mass is 403 g/mol. The predicted molar refractivity (Wildman–Crippen MR) is 94.8 cm³/mol. The highest BCUT2D eigenvalue weighted by Crippen LogP contribution is 2.37. The maximum atomic E-state index is 13.0. The van der Waals surface area contributed by atoms with E-state index < -0.39 is 41.7 Å². The van der Waals surface area contributed by atoms with Crippen molar-refractivity contribution in [1.29, 1.82) is 0 Å². The second-order valence-corrected chi connectivity index (χ2v) is 7.61. The zero-order chi connectivity index (χ0) is 21.1. The number of ether oxygens (including phenoxy) is 2. The summed E-state index contributed by atoms with van der Waals surface area (Å²) in [5.74, 6) is -2.05. The van der Waals surface area contributed by atoms with Gasteiger partial charge in [-0.3, -0.25) is 10.1 Å². The Morgan fingerprint density at radius 2 is 2.07 bits per heavy atom. The molecular weight excluding hydrogens is 379 g/mol. The molecule has 156 valence electrons. The Hall–Kier alpha value is -2.36. The van der Waals surface area contributed by atoms with E-state index in [0.29, 0.717) is 5.56 Å². The number of carbonyl (C=O) groups is 2. The molecule has 2 N–H and O–H groups in total. The summed E-state index contributed by atoms with van der Waals surface area (Å²) in [5, 5.41) is 4.48. The zero-order valence-electron chi connectivity index (χ0n) is 16.1. The number of halogens is 3. The van der Waals surface area contributed by atoms with Crippen LogP contribution in [0.3, 0.4) is 0 Å². The zero-order valence-corrected chi connectivity index (χ0v) is 16.1. The minimum absolute atomic E-state index is 0.0402. The van der Waals surface area contributed by atoms with Crippen molar-refractivity contribution in [2.24, 2.45) is 5.92 Å². The summed E-state index contributed by atoms with van der Waals surface area (Å²) in [4.78, 5) is 28.1. The molecule has 1 aromatic heterocycles. The van der Waals surface area contributed by atoms with Crippen molar-refractivity contribution in [2.45, 2.75) is 50.9 Å². The lowest BCUT2D eigenvalue weighted by Gasteiger charge is -2.23. The number of carbonyl (C=O) groups excluding carboxylic acids is 2. The van der Waals surface area contributed by atoms with Gasteiger partial charge < -0.3 is 14.8 Å². The van der Waals surface area contributed by atoms with Crippen LogP contribution < -0.4 is 10.6 Å². The molecular formula is C18H24F3N3O4. The van der Waals surface area contributed by atoms with E-state index >= 15 is 0 Å². The lowest BCUT2D eigenvalue weighted by molar-refractivity contribution is -0.155. The molecule has 0 radical (unpaired) electrons.